The average Bonchev–Trinajstić information content (AvgIpc) is 2.20. The van der Waals surface area contributed by atoms with Crippen LogP contribution in [-0.2, 0) is 14.9 Å². The van der Waals surface area contributed by atoms with E-state index in [0.717, 1.165) is 0 Å². The first-order valence-corrected chi connectivity index (χ1v) is 6.99. The number of rotatable bonds is 4. The molecule has 0 aliphatic heterocycles. The van der Waals surface area contributed by atoms with Gasteiger partial charge in [-0.15, -0.1) is 0 Å². The van der Waals surface area contributed by atoms with Crippen molar-refractivity contribution < 1.29 is 23.1 Å². The second-order valence-corrected chi connectivity index (χ2v) is 5.58. The number of phenolic OH excluding ortho intramolecular Hbond substituents is 1. The molecule has 0 saturated heterocycles. The molecule has 19 heavy (non-hydrogen) atoms. The Labute approximate surface area is 111 Å². The molecule has 7 nitrogen and oxygen atoms in total. The number of nitrogens with one attached hydrogen (secondary N) is 2. The third kappa shape index (κ3) is 5.04. The number of hydrogen-bond acceptors (Lipinski definition) is 5. The molecular formula is C11H16N2O5S. The van der Waals surface area contributed by atoms with Gasteiger partial charge in [0.1, 0.15) is 5.75 Å². The highest BCUT2D eigenvalue weighted by Crippen LogP contribution is 2.20. The van der Waals surface area contributed by atoms with Gasteiger partial charge in [0.05, 0.1) is 11.8 Å². The zero-order chi connectivity index (χ0) is 14.6. The zero-order valence-electron chi connectivity index (χ0n) is 10.8. The van der Waals surface area contributed by atoms with Crippen LogP contribution in [0, 0.1) is 6.92 Å². The van der Waals surface area contributed by atoms with E-state index in [2.05, 4.69) is 9.46 Å². The van der Waals surface area contributed by atoms with Crippen LogP contribution in [0.2, 0.25) is 0 Å². The lowest BCUT2D eigenvalue weighted by molar-refractivity contribution is 0.121. The van der Waals surface area contributed by atoms with Crippen LogP contribution in [0.25, 0.3) is 0 Å². The minimum absolute atomic E-state index is 0.0510. The SMILES string of the molecule is Cc1cc(NS(=O)(=O)NC(=O)OC(C)C)ccc1O. The zero-order valence-corrected chi connectivity index (χ0v) is 11.6. The number of aromatic hydroxyl groups is 1. The van der Waals surface area contributed by atoms with E-state index in [1.54, 1.807) is 25.5 Å². The Hall–Kier alpha value is -1.96. The Morgan fingerprint density at radius 1 is 1.37 bits per heavy atom. The summed E-state index contributed by atoms with van der Waals surface area (Å²) in [5.74, 6) is 0.0510. The number of carbonyl (C=O) groups excluding carboxylic acids is 1. The van der Waals surface area contributed by atoms with Gasteiger partial charge in [-0.2, -0.15) is 8.42 Å². The molecule has 0 heterocycles. The van der Waals surface area contributed by atoms with Gasteiger partial charge in [0, 0.05) is 0 Å². The molecule has 3 N–H and O–H groups in total. The van der Waals surface area contributed by atoms with Crippen molar-refractivity contribution in [2.45, 2.75) is 26.9 Å². The van der Waals surface area contributed by atoms with E-state index in [0.29, 0.717) is 5.56 Å². The van der Waals surface area contributed by atoms with Gasteiger partial charge in [-0.25, -0.2) is 9.52 Å². The van der Waals surface area contributed by atoms with Gasteiger partial charge >= 0.3 is 16.3 Å². The molecule has 0 aromatic heterocycles. The number of aryl methyl sites for hydroxylation is 1. The lowest BCUT2D eigenvalue weighted by atomic mass is 10.2. The van der Waals surface area contributed by atoms with Crippen LogP contribution in [0.5, 0.6) is 5.75 Å². The topological polar surface area (TPSA) is 105 Å². The Morgan fingerprint density at radius 3 is 2.53 bits per heavy atom. The summed E-state index contributed by atoms with van der Waals surface area (Å²) in [6.45, 7) is 4.82. The van der Waals surface area contributed by atoms with E-state index >= 15 is 0 Å². The second-order valence-electron chi connectivity index (χ2n) is 4.16. The maximum Gasteiger partial charge on any atom is 0.422 e. The summed E-state index contributed by atoms with van der Waals surface area (Å²) in [6.07, 6.45) is -1.48. The quantitative estimate of drug-likeness (QED) is 0.728. The fraction of sp³-hybridized carbons (Fsp3) is 0.364. The molecule has 0 spiro atoms. The summed E-state index contributed by atoms with van der Waals surface area (Å²) >= 11 is 0. The van der Waals surface area contributed by atoms with Crippen LogP contribution in [0.15, 0.2) is 18.2 Å². The van der Waals surface area contributed by atoms with Gasteiger partial charge in [-0.1, -0.05) is 0 Å². The van der Waals surface area contributed by atoms with E-state index in [-0.39, 0.29) is 11.4 Å². The number of amides is 1. The highest BCUT2D eigenvalue weighted by atomic mass is 32.2. The molecule has 0 radical (unpaired) electrons. The fourth-order valence-electron chi connectivity index (χ4n) is 1.25. The first-order chi connectivity index (χ1) is 8.69. The average molecular weight is 288 g/mol. The summed E-state index contributed by atoms with van der Waals surface area (Å²) in [6, 6.07) is 4.15. The van der Waals surface area contributed by atoms with Crippen LogP contribution < -0.4 is 9.44 Å². The van der Waals surface area contributed by atoms with Crippen molar-refractivity contribution in [3.8, 4) is 5.75 Å². The van der Waals surface area contributed by atoms with Crippen molar-refractivity contribution in [1.29, 1.82) is 0 Å². The molecule has 106 valence electrons. The number of ether oxygens (including phenoxy) is 1. The molecule has 1 amide bonds. The molecule has 1 aromatic carbocycles. The number of anilines is 1. The van der Waals surface area contributed by atoms with Crippen LogP contribution in [0.4, 0.5) is 10.5 Å². The summed E-state index contributed by atoms with van der Waals surface area (Å²) < 4.78 is 31.7. The number of hydrogen-bond donors (Lipinski definition) is 3. The molecule has 1 rings (SSSR count). The third-order valence-electron chi connectivity index (χ3n) is 2.01. The molecule has 0 unspecified atom stereocenters. The van der Waals surface area contributed by atoms with Crippen molar-refractivity contribution >= 4 is 22.0 Å². The minimum atomic E-state index is -4.07. The van der Waals surface area contributed by atoms with E-state index < -0.39 is 22.4 Å². The van der Waals surface area contributed by atoms with Gasteiger partial charge in [0.25, 0.3) is 0 Å². The van der Waals surface area contributed by atoms with E-state index in [9.17, 15) is 18.3 Å². The fourth-order valence-corrected chi connectivity index (χ4v) is 2.00. The largest absolute Gasteiger partial charge is 0.508 e. The lowest BCUT2D eigenvalue weighted by Gasteiger charge is -2.12. The summed E-state index contributed by atoms with van der Waals surface area (Å²) in [5, 5.41) is 9.32. The Bertz CT molecular complexity index is 568. The van der Waals surface area contributed by atoms with Crippen LogP contribution in [-0.4, -0.2) is 25.7 Å². The van der Waals surface area contributed by atoms with E-state index in [4.69, 9.17) is 0 Å². The van der Waals surface area contributed by atoms with Crippen molar-refractivity contribution in [2.24, 2.45) is 0 Å². The monoisotopic (exact) mass is 288 g/mol. The first-order valence-electron chi connectivity index (χ1n) is 5.50. The minimum Gasteiger partial charge on any atom is -0.508 e. The maximum atomic E-state index is 11.6. The standard InChI is InChI=1S/C11H16N2O5S/c1-7(2)18-11(15)13-19(16,17)12-9-4-5-10(14)8(3)6-9/h4-7,12,14H,1-3H3,(H,13,15). The Kier molecular flexibility index (Phi) is 4.60. The van der Waals surface area contributed by atoms with Crippen LogP contribution in [0.3, 0.4) is 0 Å². The van der Waals surface area contributed by atoms with Gasteiger partial charge in [-0.05, 0) is 44.5 Å². The summed E-state index contributed by atoms with van der Waals surface area (Å²) in [7, 11) is -4.07. The lowest BCUT2D eigenvalue weighted by Crippen LogP contribution is -2.36. The smallest absolute Gasteiger partial charge is 0.422 e. The first kappa shape index (κ1) is 15.1. The van der Waals surface area contributed by atoms with Gasteiger partial charge in [0.2, 0.25) is 0 Å². The molecule has 0 saturated carbocycles. The predicted molar refractivity (Wildman–Crippen MR) is 70.1 cm³/mol. The van der Waals surface area contributed by atoms with Crippen molar-refractivity contribution in [2.75, 3.05) is 4.72 Å². The number of benzene rings is 1. The summed E-state index contributed by atoms with van der Waals surface area (Å²) in [4.78, 5) is 11.2. The molecule has 0 bridgehead atoms. The summed E-state index contributed by atoms with van der Waals surface area (Å²) in [5.41, 5.74) is 0.727. The van der Waals surface area contributed by atoms with Gasteiger partial charge in [0.15, 0.2) is 0 Å². The van der Waals surface area contributed by atoms with E-state index in [1.807, 2.05) is 0 Å². The van der Waals surface area contributed by atoms with Gasteiger partial charge in [-0.3, -0.25) is 4.72 Å². The number of carbonyl (C=O) groups is 1. The molecule has 0 atom stereocenters. The Morgan fingerprint density at radius 2 is 2.00 bits per heavy atom. The van der Waals surface area contributed by atoms with Crippen LogP contribution in [0.1, 0.15) is 19.4 Å². The number of phenols is 1. The highest BCUT2D eigenvalue weighted by Gasteiger charge is 2.16. The van der Waals surface area contributed by atoms with Gasteiger partial charge < -0.3 is 9.84 Å². The van der Waals surface area contributed by atoms with Crippen LogP contribution >= 0.6 is 0 Å². The molecule has 8 heteroatoms. The van der Waals surface area contributed by atoms with E-state index in [1.165, 1.54) is 18.2 Å². The van der Waals surface area contributed by atoms with Crippen molar-refractivity contribution in [3.63, 3.8) is 0 Å². The predicted octanol–water partition coefficient (Wildman–Crippen LogP) is 1.49. The molecular weight excluding hydrogens is 272 g/mol. The third-order valence-corrected chi connectivity index (χ3v) is 2.95. The normalized spacial score (nSPS) is 11.2. The Balaban J connectivity index is 2.74. The van der Waals surface area contributed by atoms with Crippen molar-refractivity contribution in [1.82, 2.24) is 4.72 Å². The molecule has 0 aliphatic rings. The highest BCUT2D eigenvalue weighted by molar-refractivity contribution is 7.91. The maximum absolute atomic E-state index is 11.6. The second kappa shape index (κ2) is 5.79. The van der Waals surface area contributed by atoms with Crippen molar-refractivity contribution in [3.05, 3.63) is 23.8 Å². The molecule has 1 aromatic rings. The molecule has 0 aliphatic carbocycles. The molecule has 0 fully saturated rings.